The van der Waals surface area contributed by atoms with Gasteiger partial charge < -0.3 is 9.64 Å². The molecule has 4 rings (SSSR count). The molecule has 2 aliphatic rings. The van der Waals surface area contributed by atoms with Gasteiger partial charge in [0.15, 0.2) is 0 Å². The van der Waals surface area contributed by atoms with E-state index in [-0.39, 0.29) is 18.2 Å². The molecule has 0 N–H and O–H groups in total. The number of aryl methyl sites for hydroxylation is 1. The molecule has 0 unspecified atom stereocenters. The van der Waals surface area contributed by atoms with E-state index in [0.29, 0.717) is 0 Å². The highest BCUT2D eigenvalue weighted by atomic mass is 16.5. The zero-order valence-electron chi connectivity index (χ0n) is 12.7. The average molecular weight is 293 g/mol. The minimum absolute atomic E-state index is 0.104. The highest BCUT2D eigenvalue weighted by Gasteiger charge is 2.38. The van der Waals surface area contributed by atoms with Gasteiger partial charge in [0.2, 0.25) is 0 Å². The normalized spacial score (nSPS) is 23.9. The first-order chi connectivity index (χ1) is 10.7. The molecule has 0 aromatic heterocycles. The number of rotatable bonds is 1. The lowest BCUT2D eigenvalue weighted by molar-refractivity contribution is -0.0492. The van der Waals surface area contributed by atoms with Gasteiger partial charge in [0.1, 0.15) is 12.3 Å². The van der Waals surface area contributed by atoms with Crippen LogP contribution < -0.4 is 0 Å². The summed E-state index contributed by atoms with van der Waals surface area (Å²) in [7, 11) is 0. The second kappa shape index (κ2) is 5.25. The molecule has 0 saturated carbocycles. The van der Waals surface area contributed by atoms with Gasteiger partial charge in [-0.3, -0.25) is 4.79 Å². The number of fused-ring (bicyclic) bond motifs is 2. The third-order valence-corrected chi connectivity index (χ3v) is 4.61. The topological polar surface area (TPSA) is 29.5 Å². The molecular formula is C19H19NO2. The number of carbonyl (C=O) groups excluding carboxylic acids is 1. The van der Waals surface area contributed by atoms with E-state index in [2.05, 4.69) is 31.2 Å². The van der Waals surface area contributed by atoms with E-state index in [1.807, 2.05) is 29.2 Å². The van der Waals surface area contributed by atoms with Crippen LogP contribution in [0.15, 0.2) is 48.5 Å². The molecule has 0 radical (unpaired) electrons. The number of hydrogen-bond donors (Lipinski definition) is 0. The van der Waals surface area contributed by atoms with Crippen molar-refractivity contribution >= 4 is 5.91 Å². The fourth-order valence-electron chi connectivity index (χ4n) is 3.41. The van der Waals surface area contributed by atoms with Crippen LogP contribution in [0.2, 0.25) is 0 Å². The third-order valence-electron chi connectivity index (χ3n) is 4.61. The number of carbonyl (C=O) groups is 1. The quantitative estimate of drug-likeness (QED) is 0.802. The molecule has 112 valence electrons. The second-order valence-corrected chi connectivity index (χ2v) is 6.11. The van der Waals surface area contributed by atoms with Gasteiger partial charge in [-0.25, -0.2) is 0 Å². The summed E-state index contributed by atoms with van der Waals surface area (Å²) in [4.78, 5) is 14.7. The van der Waals surface area contributed by atoms with Gasteiger partial charge >= 0.3 is 0 Å². The molecule has 1 saturated heterocycles. The molecule has 2 aliphatic heterocycles. The third kappa shape index (κ3) is 2.13. The first-order valence-corrected chi connectivity index (χ1v) is 7.86. The molecule has 2 aromatic rings. The smallest absolute Gasteiger partial charge is 0.256 e. The molecule has 0 bridgehead atoms. The Morgan fingerprint density at radius 1 is 1.09 bits per heavy atom. The molecule has 22 heavy (non-hydrogen) atoms. The van der Waals surface area contributed by atoms with E-state index in [1.165, 1.54) is 5.56 Å². The Bertz CT molecular complexity index is 708. The van der Waals surface area contributed by atoms with Gasteiger partial charge in [0, 0.05) is 12.1 Å². The zero-order valence-corrected chi connectivity index (χ0v) is 12.7. The van der Waals surface area contributed by atoms with Crippen molar-refractivity contribution in [3.63, 3.8) is 0 Å². The Hall–Kier alpha value is -2.13. The summed E-state index contributed by atoms with van der Waals surface area (Å²) in [5.74, 6) is 0.104. The van der Waals surface area contributed by atoms with E-state index < -0.39 is 0 Å². The summed E-state index contributed by atoms with van der Waals surface area (Å²) in [5, 5.41) is 0. The molecule has 3 heteroatoms. The predicted molar refractivity (Wildman–Crippen MR) is 84.6 cm³/mol. The summed E-state index contributed by atoms with van der Waals surface area (Å²) < 4.78 is 6.36. The Balaban J connectivity index is 1.84. The fraction of sp³-hybridized carbons (Fsp3) is 0.316. The molecule has 2 atom stereocenters. The summed E-state index contributed by atoms with van der Waals surface area (Å²) in [5.41, 5.74) is 4.09. The lowest BCUT2D eigenvalue weighted by atomic mass is 9.96. The molecule has 2 aromatic carbocycles. The van der Waals surface area contributed by atoms with Gasteiger partial charge in [0.25, 0.3) is 5.91 Å². The summed E-state index contributed by atoms with van der Waals surface area (Å²) >= 11 is 0. The van der Waals surface area contributed by atoms with Gasteiger partial charge in [0.05, 0.1) is 0 Å². The molecule has 2 heterocycles. The van der Waals surface area contributed by atoms with E-state index in [4.69, 9.17) is 4.74 Å². The van der Waals surface area contributed by atoms with Crippen molar-refractivity contribution in [3.8, 4) is 0 Å². The number of benzene rings is 2. The fourth-order valence-corrected chi connectivity index (χ4v) is 3.41. The van der Waals surface area contributed by atoms with Crippen molar-refractivity contribution in [1.29, 1.82) is 0 Å². The van der Waals surface area contributed by atoms with Crippen molar-refractivity contribution in [2.45, 2.75) is 32.1 Å². The van der Waals surface area contributed by atoms with Gasteiger partial charge in [-0.15, -0.1) is 0 Å². The zero-order chi connectivity index (χ0) is 15.1. The second-order valence-electron chi connectivity index (χ2n) is 6.11. The van der Waals surface area contributed by atoms with E-state index in [9.17, 15) is 4.79 Å². The summed E-state index contributed by atoms with van der Waals surface area (Å²) in [6.07, 6.45) is 1.65. The lowest BCUT2D eigenvalue weighted by Gasteiger charge is -2.25. The Morgan fingerprint density at radius 2 is 1.86 bits per heavy atom. The van der Waals surface area contributed by atoms with Crippen LogP contribution in [-0.4, -0.2) is 23.6 Å². The maximum absolute atomic E-state index is 12.8. The molecule has 1 fully saturated rings. The molecule has 1 amide bonds. The number of hydrogen-bond acceptors (Lipinski definition) is 2. The Morgan fingerprint density at radius 3 is 2.68 bits per heavy atom. The number of nitrogens with zero attached hydrogens (tertiary/aromatic N) is 1. The highest BCUT2D eigenvalue weighted by molar-refractivity contribution is 5.96. The van der Waals surface area contributed by atoms with Crippen LogP contribution in [0.4, 0.5) is 0 Å². The van der Waals surface area contributed by atoms with Crippen LogP contribution >= 0.6 is 0 Å². The van der Waals surface area contributed by atoms with Crippen molar-refractivity contribution in [3.05, 3.63) is 70.8 Å². The standard InChI is InChI=1S/C19H19NO2/c1-13-8-10-14(11-9-13)18-15-5-2-3-6-16(15)19(21)20-12-4-7-17(20)22-18/h2-3,5-6,8-11,17-18H,4,7,12H2,1H3/t17-,18-/m0/s1. The van der Waals surface area contributed by atoms with Crippen LogP contribution in [0.1, 0.15) is 46.0 Å². The van der Waals surface area contributed by atoms with Crippen molar-refractivity contribution in [2.75, 3.05) is 6.54 Å². The molecule has 3 nitrogen and oxygen atoms in total. The van der Waals surface area contributed by atoms with E-state index >= 15 is 0 Å². The molecule has 0 aliphatic carbocycles. The van der Waals surface area contributed by atoms with Crippen molar-refractivity contribution in [1.82, 2.24) is 4.90 Å². The number of ether oxygens (including phenoxy) is 1. The van der Waals surface area contributed by atoms with Crippen LogP contribution in [0.25, 0.3) is 0 Å². The highest BCUT2D eigenvalue weighted by Crippen LogP contribution is 2.37. The van der Waals surface area contributed by atoms with E-state index in [0.717, 1.165) is 36.1 Å². The largest absolute Gasteiger partial charge is 0.346 e. The minimum atomic E-state index is -0.172. The monoisotopic (exact) mass is 293 g/mol. The lowest BCUT2D eigenvalue weighted by Crippen LogP contribution is -2.35. The molecular weight excluding hydrogens is 274 g/mol. The van der Waals surface area contributed by atoms with E-state index in [1.54, 1.807) is 0 Å². The minimum Gasteiger partial charge on any atom is -0.346 e. The van der Waals surface area contributed by atoms with Gasteiger partial charge in [-0.2, -0.15) is 0 Å². The van der Waals surface area contributed by atoms with Crippen molar-refractivity contribution in [2.24, 2.45) is 0 Å². The predicted octanol–water partition coefficient (Wildman–Crippen LogP) is 3.68. The molecule has 0 spiro atoms. The van der Waals surface area contributed by atoms with Gasteiger partial charge in [-0.05, 0) is 37.0 Å². The van der Waals surface area contributed by atoms with Crippen LogP contribution in [0, 0.1) is 6.92 Å². The average Bonchev–Trinajstić information content (AvgIpc) is 2.97. The first-order valence-electron chi connectivity index (χ1n) is 7.86. The van der Waals surface area contributed by atoms with Crippen LogP contribution in [0.3, 0.4) is 0 Å². The first kappa shape index (κ1) is 13.5. The summed E-state index contributed by atoms with van der Waals surface area (Å²) in [6.45, 7) is 2.87. The SMILES string of the molecule is Cc1ccc([C@@H]2O[C@H]3CCCN3C(=O)c3ccccc32)cc1. The number of amides is 1. The van der Waals surface area contributed by atoms with Crippen molar-refractivity contribution < 1.29 is 9.53 Å². The van der Waals surface area contributed by atoms with Crippen LogP contribution in [0.5, 0.6) is 0 Å². The van der Waals surface area contributed by atoms with Gasteiger partial charge in [-0.1, -0.05) is 48.0 Å². The van der Waals surface area contributed by atoms with Crippen LogP contribution in [-0.2, 0) is 4.74 Å². The Kier molecular flexibility index (Phi) is 3.23. The summed E-state index contributed by atoms with van der Waals surface area (Å²) in [6, 6.07) is 16.2. The maximum Gasteiger partial charge on any atom is 0.256 e. The Labute approximate surface area is 130 Å². The maximum atomic E-state index is 12.8.